The average Bonchev–Trinajstić information content (AvgIpc) is 3.43. The van der Waals surface area contributed by atoms with Gasteiger partial charge >= 0.3 is 0 Å². The van der Waals surface area contributed by atoms with Crippen molar-refractivity contribution in [3.8, 4) is 11.8 Å². The molecular formula is C23H23FN2O. The minimum atomic E-state index is -0.399. The van der Waals surface area contributed by atoms with E-state index in [0.29, 0.717) is 11.6 Å². The van der Waals surface area contributed by atoms with Gasteiger partial charge in [-0.25, -0.2) is 4.39 Å². The zero-order valence-corrected chi connectivity index (χ0v) is 15.2. The summed E-state index contributed by atoms with van der Waals surface area (Å²) in [5, 5.41) is 3.78. The predicted molar refractivity (Wildman–Crippen MR) is 104 cm³/mol. The quantitative estimate of drug-likeness (QED) is 0.800. The van der Waals surface area contributed by atoms with Crippen LogP contribution in [0.4, 0.5) is 4.39 Å². The second kappa shape index (κ2) is 7.17. The molecule has 2 saturated carbocycles. The maximum atomic E-state index is 13.0. The number of nitrogens with one attached hydrogen (secondary N) is 1. The van der Waals surface area contributed by atoms with Crippen LogP contribution in [0.25, 0.3) is 0 Å². The largest absolute Gasteiger partial charge is 0.366 e. The van der Waals surface area contributed by atoms with Gasteiger partial charge in [0.15, 0.2) is 0 Å². The maximum absolute atomic E-state index is 13.0. The van der Waals surface area contributed by atoms with Crippen molar-refractivity contribution < 1.29 is 9.18 Å². The van der Waals surface area contributed by atoms with Crippen molar-refractivity contribution in [3.05, 3.63) is 70.5 Å². The molecule has 0 aromatic heterocycles. The fraction of sp³-hybridized carbons (Fsp3) is 0.348. The SMILES string of the molecule is NC(=O)c1ccc(C#Cc2ccc(F)cc2)cc1CC1(NC2CC2)CCC1. The van der Waals surface area contributed by atoms with E-state index in [-0.39, 0.29) is 11.4 Å². The number of benzene rings is 2. The highest BCUT2D eigenvalue weighted by molar-refractivity contribution is 5.94. The van der Waals surface area contributed by atoms with Crippen LogP contribution >= 0.6 is 0 Å². The molecule has 2 aromatic carbocycles. The molecule has 3 nitrogen and oxygen atoms in total. The van der Waals surface area contributed by atoms with E-state index >= 15 is 0 Å². The standard InChI is InChI=1S/C23H23FN2O/c24-19-7-4-16(5-8-19)2-3-17-6-11-21(22(25)27)18(14-17)15-23(12-1-13-23)26-20-9-10-20/h4-8,11,14,20,26H,1,9-10,12-13,15H2,(H2,25,27). The van der Waals surface area contributed by atoms with Crippen molar-refractivity contribution in [2.24, 2.45) is 5.73 Å². The fourth-order valence-corrected chi connectivity index (χ4v) is 3.74. The summed E-state index contributed by atoms with van der Waals surface area (Å²) in [5.41, 5.74) is 8.82. The number of nitrogens with two attached hydrogens (primary N) is 1. The Hall–Kier alpha value is -2.64. The lowest BCUT2D eigenvalue weighted by atomic mass is 9.72. The maximum Gasteiger partial charge on any atom is 0.248 e. The van der Waals surface area contributed by atoms with E-state index in [2.05, 4.69) is 17.2 Å². The molecule has 0 aliphatic heterocycles. The summed E-state index contributed by atoms with van der Waals surface area (Å²) in [6, 6.07) is 12.3. The van der Waals surface area contributed by atoms with Gasteiger partial charge in [-0.3, -0.25) is 4.79 Å². The average molecular weight is 362 g/mol. The van der Waals surface area contributed by atoms with E-state index in [1.807, 2.05) is 12.1 Å². The van der Waals surface area contributed by atoms with Gasteiger partial charge in [-0.05, 0) is 86.6 Å². The van der Waals surface area contributed by atoms with Crippen LogP contribution in [0.1, 0.15) is 59.2 Å². The topological polar surface area (TPSA) is 55.1 Å². The normalized spacial score (nSPS) is 17.5. The summed E-state index contributed by atoms with van der Waals surface area (Å²) in [5.74, 6) is 5.49. The Bertz CT molecular complexity index is 916. The third-order valence-electron chi connectivity index (χ3n) is 5.49. The van der Waals surface area contributed by atoms with Crippen LogP contribution in [-0.4, -0.2) is 17.5 Å². The summed E-state index contributed by atoms with van der Waals surface area (Å²) >= 11 is 0. The first-order valence-electron chi connectivity index (χ1n) is 9.51. The highest BCUT2D eigenvalue weighted by Crippen LogP contribution is 2.39. The van der Waals surface area contributed by atoms with E-state index < -0.39 is 5.91 Å². The van der Waals surface area contributed by atoms with Gasteiger partial charge in [0.2, 0.25) is 5.91 Å². The number of primary amides is 1. The van der Waals surface area contributed by atoms with Gasteiger partial charge in [-0.15, -0.1) is 0 Å². The summed E-state index contributed by atoms with van der Waals surface area (Å²) in [6.45, 7) is 0. The number of hydrogen-bond acceptors (Lipinski definition) is 2. The van der Waals surface area contributed by atoms with E-state index in [1.165, 1.54) is 31.4 Å². The fourth-order valence-electron chi connectivity index (χ4n) is 3.74. The van der Waals surface area contributed by atoms with Crippen LogP contribution in [-0.2, 0) is 6.42 Å². The van der Waals surface area contributed by atoms with Crippen LogP contribution in [0.3, 0.4) is 0 Å². The summed E-state index contributed by atoms with van der Waals surface area (Å²) in [4.78, 5) is 11.9. The molecule has 0 atom stereocenters. The lowest BCUT2D eigenvalue weighted by Crippen LogP contribution is -2.53. The minimum absolute atomic E-state index is 0.0916. The van der Waals surface area contributed by atoms with Gasteiger partial charge in [0.1, 0.15) is 5.82 Å². The van der Waals surface area contributed by atoms with E-state index in [4.69, 9.17) is 5.73 Å². The van der Waals surface area contributed by atoms with Crippen molar-refractivity contribution in [2.75, 3.05) is 0 Å². The summed E-state index contributed by atoms with van der Waals surface area (Å²) < 4.78 is 13.0. The number of carbonyl (C=O) groups excluding carboxylic acids is 1. The molecule has 0 saturated heterocycles. The van der Waals surface area contributed by atoms with Crippen molar-refractivity contribution in [2.45, 2.75) is 50.1 Å². The molecule has 2 aliphatic carbocycles. The number of hydrogen-bond donors (Lipinski definition) is 2. The first-order valence-corrected chi connectivity index (χ1v) is 9.51. The molecule has 0 radical (unpaired) electrons. The van der Waals surface area contributed by atoms with Crippen molar-refractivity contribution in [1.82, 2.24) is 5.32 Å². The predicted octanol–water partition coefficient (Wildman–Crippen LogP) is 3.54. The van der Waals surface area contributed by atoms with Crippen LogP contribution < -0.4 is 11.1 Å². The molecule has 27 heavy (non-hydrogen) atoms. The minimum Gasteiger partial charge on any atom is -0.366 e. The smallest absolute Gasteiger partial charge is 0.248 e. The lowest BCUT2D eigenvalue weighted by Gasteiger charge is -2.43. The summed E-state index contributed by atoms with van der Waals surface area (Å²) in [6.07, 6.45) is 6.77. The Kier molecular flexibility index (Phi) is 4.72. The van der Waals surface area contributed by atoms with Crippen LogP contribution in [0.5, 0.6) is 0 Å². The second-order valence-electron chi connectivity index (χ2n) is 7.72. The molecule has 2 aliphatic rings. The molecule has 0 unspecified atom stereocenters. The molecule has 1 amide bonds. The highest BCUT2D eigenvalue weighted by Gasteiger charge is 2.41. The Morgan fingerprint density at radius 2 is 1.78 bits per heavy atom. The van der Waals surface area contributed by atoms with Gasteiger partial charge in [-0.1, -0.05) is 11.8 Å². The summed E-state index contributed by atoms with van der Waals surface area (Å²) in [7, 11) is 0. The number of halogens is 1. The molecule has 0 spiro atoms. The van der Waals surface area contributed by atoms with Gasteiger partial charge in [-0.2, -0.15) is 0 Å². The van der Waals surface area contributed by atoms with Gasteiger partial charge in [0.05, 0.1) is 0 Å². The second-order valence-corrected chi connectivity index (χ2v) is 7.72. The number of amides is 1. The van der Waals surface area contributed by atoms with Crippen molar-refractivity contribution >= 4 is 5.91 Å². The van der Waals surface area contributed by atoms with Crippen LogP contribution in [0.2, 0.25) is 0 Å². The van der Waals surface area contributed by atoms with E-state index in [9.17, 15) is 9.18 Å². The molecule has 4 rings (SSSR count). The first kappa shape index (κ1) is 17.8. The zero-order chi connectivity index (χ0) is 18.9. The van der Waals surface area contributed by atoms with Crippen LogP contribution in [0.15, 0.2) is 42.5 Å². The van der Waals surface area contributed by atoms with Crippen LogP contribution in [0, 0.1) is 17.7 Å². The third-order valence-corrected chi connectivity index (χ3v) is 5.49. The Morgan fingerprint density at radius 3 is 2.37 bits per heavy atom. The van der Waals surface area contributed by atoms with E-state index in [1.54, 1.807) is 18.2 Å². The van der Waals surface area contributed by atoms with Crippen molar-refractivity contribution in [3.63, 3.8) is 0 Å². The molecule has 2 aromatic rings. The van der Waals surface area contributed by atoms with E-state index in [0.717, 1.165) is 36.0 Å². The molecular weight excluding hydrogens is 339 g/mol. The number of carbonyl (C=O) groups is 1. The molecule has 3 N–H and O–H groups in total. The molecule has 4 heteroatoms. The molecule has 0 heterocycles. The van der Waals surface area contributed by atoms with Gasteiger partial charge < -0.3 is 11.1 Å². The lowest BCUT2D eigenvalue weighted by molar-refractivity contribution is 0.0998. The first-order chi connectivity index (χ1) is 13.0. The van der Waals surface area contributed by atoms with Crippen molar-refractivity contribution in [1.29, 1.82) is 0 Å². The third kappa shape index (κ3) is 4.20. The Balaban J connectivity index is 1.60. The van der Waals surface area contributed by atoms with Gasteiger partial charge in [0, 0.05) is 28.3 Å². The highest BCUT2D eigenvalue weighted by atomic mass is 19.1. The molecule has 138 valence electrons. The Morgan fingerprint density at radius 1 is 1.11 bits per heavy atom. The number of rotatable bonds is 5. The zero-order valence-electron chi connectivity index (χ0n) is 15.2. The Labute approximate surface area is 159 Å². The monoisotopic (exact) mass is 362 g/mol. The molecule has 2 fully saturated rings. The van der Waals surface area contributed by atoms with Gasteiger partial charge in [0.25, 0.3) is 0 Å². The molecule has 0 bridgehead atoms.